The molecule has 27 heavy (non-hydrogen) atoms. The molecule has 4 nitrogen and oxygen atoms in total. The molecule has 0 aromatic heterocycles. The average molecular weight is 363 g/mol. The SMILES string of the molecule is CC1(C)[C@@H]2CC(C(=O)NCc3ccccc3-c3cccc(C(=O)O)c3)C[C@@H]21. The van der Waals surface area contributed by atoms with Crippen LogP contribution in [0.1, 0.15) is 42.6 Å². The summed E-state index contributed by atoms with van der Waals surface area (Å²) in [6.45, 7) is 5.07. The summed E-state index contributed by atoms with van der Waals surface area (Å²) in [4.78, 5) is 23.8. The molecule has 3 atom stereocenters. The topological polar surface area (TPSA) is 66.4 Å². The van der Waals surface area contributed by atoms with Gasteiger partial charge in [-0.25, -0.2) is 4.79 Å². The van der Waals surface area contributed by atoms with Gasteiger partial charge in [-0.2, -0.15) is 0 Å². The predicted octanol–water partition coefficient (Wildman–Crippen LogP) is 4.35. The van der Waals surface area contributed by atoms with Crippen LogP contribution in [0.15, 0.2) is 48.5 Å². The monoisotopic (exact) mass is 363 g/mol. The minimum Gasteiger partial charge on any atom is -0.478 e. The fraction of sp³-hybridized carbons (Fsp3) is 0.391. The van der Waals surface area contributed by atoms with E-state index in [9.17, 15) is 14.7 Å². The summed E-state index contributed by atoms with van der Waals surface area (Å²) in [5.41, 5.74) is 3.49. The predicted molar refractivity (Wildman–Crippen MR) is 104 cm³/mol. The number of hydrogen-bond acceptors (Lipinski definition) is 2. The van der Waals surface area contributed by atoms with Crippen LogP contribution in [-0.2, 0) is 11.3 Å². The fourth-order valence-electron chi connectivity index (χ4n) is 4.82. The first-order valence-corrected chi connectivity index (χ1v) is 9.57. The van der Waals surface area contributed by atoms with Gasteiger partial charge in [0, 0.05) is 12.5 Å². The van der Waals surface area contributed by atoms with E-state index in [1.807, 2.05) is 30.3 Å². The number of carboxylic acids is 1. The van der Waals surface area contributed by atoms with E-state index in [1.54, 1.807) is 18.2 Å². The maximum atomic E-state index is 12.6. The van der Waals surface area contributed by atoms with E-state index in [1.165, 1.54) is 0 Å². The Kier molecular flexibility index (Phi) is 4.29. The Bertz CT molecular complexity index is 888. The first-order chi connectivity index (χ1) is 12.9. The number of carbonyl (C=O) groups is 2. The van der Waals surface area contributed by atoms with Gasteiger partial charge in [-0.05, 0) is 58.9 Å². The maximum Gasteiger partial charge on any atom is 0.335 e. The van der Waals surface area contributed by atoms with Gasteiger partial charge in [-0.15, -0.1) is 0 Å². The second-order valence-corrected chi connectivity index (χ2v) is 8.46. The molecule has 0 saturated heterocycles. The largest absolute Gasteiger partial charge is 0.478 e. The highest BCUT2D eigenvalue weighted by molar-refractivity contribution is 5.89. The van der Waals surface area contributed by atoms with E-state index in [4.69, 9.17) is 0 Å². The molecule has 2 N–H and O–H groups in total. The van der Waals surface area contributed by atoms with Gasteiger partial charge in [0.05, 0.1) is 5.56 Å². The molecule has 2 aliphatic carbocycles. The van der Waals surface area contributed by atoms with Crippen LogP contribution in [0.4, 0.5) is 0 Å². The van der Waals surface area contributed by atoms with Crippen molar-refractivity contribution in [3.63, 3.8) is 0 Å². The third kappa shape index (κ3) is 3.25. The Balaban J connectivity index is 1.45. The molecule has 0 heterocycles. The first-order valence-electron chi connectivity index (χ1n) is 9.57. The Morgan fingerprint density at radius 1 is 1.07 bits per heavy atom. The summed E-state index contributed by atoms with van der Waals surface area (Å²) < 4.78 is 0. The van der Waals surface area contributed by atoms with E-state index in [2.05, 4.69) is 19.2 Å². The molecule has 0 aliphatic heterocycles. The zero-order valence-electron chi connectivity index (χ0n) is 15.7. The number of carbonyl (C=O) groups excluding carboxylic acids is 1. The quantitative estimate of drug-likeness (QED) is 0.830. The normalized spacial score (nSPS) is 24.9. The number of amides is 1. The second kappa shape index (κ2) is 6.52. The van der Waals surface area contributed by atoms with Crippen molar-refractivity contribution in [1.29, 1.82) is 0 Å². The smallest absolute Gasteiger partial charge is 0.335 e. The van der Waals surface area contributed by atoms with Crippen LogP contribution in [0.2, 0.25) is 0 Å². The van der Waals surface area contributed by atoms with Gasteiger partial charge in [-0.3, -0.25) is 4.79 Å². The van der Waals surface area contributed by atoms with Crippen molar-refractivity contribution in [2.24, 2.45) is 23.2 Å². The lowest BCUT2D eigenvalue weighted by molar-refractivity contribution is -0.125. The Morgan fingerprint density at radius 2 is 1.78 bits per heavy atom. The van der Waals surface area contributed by atoms with Gasteiger partial charge in [0.2, 0.25) is 5.91 Å². The number of benzene rings is 2. The lowest BCUT2D eigenvalue weighted by Gasteiger charge is -2.18. The molecule has 2 fully saturated rings. The molecular formula is C23H25NO3. The van der Waals surface area contributed by atoms with Crippen LogP contribution >= 0.6 is 0 Å². The number of rotatable bonds is 5. The molecule has 2 aromatic rings. The zero-order chi connectivity index (χ0) is 19.2. The van der Waals surface area contributed by atoms with Crippen molar-refractivity contribution < 1.29 is 14.7 Å². The molecule has 1 amide bonds. The van der Waals surface area contributed by atoms with Crippen LogP contribution in [0.3, 0.4) is 0 Å². The number of carboxylic acid groups (broad SMARTS) is 1. The molecule has 140 valence electrons. The van der Waals surface area contributed by atoms with Crippen molar-refractivity contribution in [2.45, 2.75) is 33.2 Å². The third-order valence-electron chi connectivity index (χ3n) is 6.63. The van der Waals surface area contributed by atoms with Crippen LogP contribution in [-0.4, -0.2) is 17.0 Å². The van der Waals surface area contributed by atoms with E-state index in [0.717, 1.165) is 29.5 Å². The van der Waals surface area contributed by atoms with Crippen molar-refractivity contribution in [1.82, 2.24) is 5.32 Å². The summed E-state index contributed by atoms with van der Waals surface area (Å²) in [6.07, 6.45) is 2.01. The average Bonchev–Trinajstić information content (AvgIpc) is 3.02. The van der Waals surface area contributed by atoms with Gasteiger partial charge >= 0.3 is 5.97 Å². The van der Waals surface area contributed by atoms with E-state index in [0.29, 0.717) is 23.8 Å². The van der Waals surface area contributed by atoms with Crippen LogP contribution in [0.5, 0.6) is 0 Å². The van der Waals surface area contributed by atoms with Gasteiger partial charge in [-0.1, -0.05) is 50.2 Å². The summed E-state index contributed by atoms with van der Waals surface area (Å²) >= 11 is 0. The Labute approximate surface area is 159 Å². The Morgan fingerprint density at radius 3 is 2.48 bits per heavy atom. The molecule has 0 spiro atoms. The molecule has 1 unspecified atom stereocenters. The van der Waals surface area contributed by atoms with Gasteiger partial charge in [0.25, 0.3) is 0 Å². The van der Waals surface area contributed by atoms with Crippen molar-refractivity contribution in [3.8, 4) is 11.1 Å². The number of nitrogens with one attached hydrogen (secondary N) is 1. The van der Waals surface area contributed by atoms with Crippen LogP contribution < -0.4 is 5.32 Å². The van der Waals surface area contributed by atoms with Gasteiger partial charge < -0.3 is 10.4 Å². The lowest BCUT2D eigenvalue weighted by Crippen LogP contribution is -2.30. The van der Waals surface area contributed by atoms with Crippen molar-refractivity contribution in [3.05, 3.63) is 59.7 Å². The van der Waals surface area contributed by atoms with Gasteiger partial charge in [0.15, 0.2) is 0 Å². The highest BCUT2D eigenvalue weighted by Crippen LogP contribution is 2.68. The standard InChI is InChI=1S/C23H25NO3/c1-23(2)19-11-17(12-20(19)23)21(25)24-13-16-6-3-4-9-18(16)14-7-5-8-15(10-14)22(26)27/h3-10,17,19-20H,11-13H2,1-2H3,(H,24,25)(H,26,27)/t17?,19-,20+. The summed E-state index contributed by atoms with van der Waals surface area (Å²) in [5, 5.41) is 12.3. The molecule has 0 bridgehead atoms. The number of aromatic carboxylic acids is 1. The molecule has 2 aliphatic rings. The third-order valence-corrected chi connectivity index (χ3v) is 6.63. The molecule has 4 rings (SSSR count). The van der Waals surface area contributed by atoms with E-state index < -0.39 is 5.97 Å². The molecule has 4 heteroatoms. The molecule has 2 saturated carbocycles. The van der Waals surface area contributed by atoms with Crippen molar-refractivity contribution in [2.75, 3.05) is 0 Å². The molecule has 0 radical (unpaired) electrons. The summed E-state index contributed by atoms with van der Waals surface area (Å²) in [5.74, 6) is 0.756. The minimum atomic E-state index is -0.939. The molecular weight excluding hydrogens is 338 g/mol. The lowest BCUT2D eigenvalue weighted by atomic mass is 9.92. The van der Waals surface area contributed by atoms with E-state index in [-0.39, 0.29) is 17.4 Å². The van der Waals surface area contributed by atoms with Crippen molar-refractivity contribution >= 4 is 11.9 Å². The maximum absolute atomic E-state index is 12.6. The number of fused-ring (bicyclic) bond motifs is 1. The molecule has 2 aromatic carbocycles. The van der Waals surface area contributed by atoms with Crippen LogP contribution in [0, 0.1) is 23.2 Å². The highest BCUT2D eigenvalue weighted by Gasteiger charge is 2.62. The zero-order valence-corrected chi connectivity index (χ0v) is 15.7. The van der Waals surface area contributed by atoms with Gasteiger partial charge in [0.1, 0.15) is 0 Å². The first kappa shape index (κ1) is 17.8. The van der Waals surface area contributed by atoms with Crippen LogP contribution in [0.25, 0.3) is 11.1 Å². The van der Waals surface area contributed by atoms with E-state index >= 15 is 0 Å². The highest BCUT2D eigenvalue weighted by atomic mass is 16.4. The summed E-state index contributed by atoms with van der Waals surface area (Å²) in [6, 6.07) is 14.7. The second-order valence-electron chi connectivity index (χ2n) is 8.46. The summed E-state index contributed by atoms with van der Waals surface area (Å²) in [7, 11) is 0. The Hall–Kier alpha value is -2.62. The minimum absolute atomic E-state index is 0.135. The number of hydrogen-bond donors (Lipinski definition) is 2. The fourth-order valence-corrected chi connectivity index (χ4v) is 4.82.